The molecular formula is C15H21Cl2SiZr-. The number of allylic oxidation sites excluding steroid dienone is 8. The molecule has 0 bridgehead atoms. The van der Waals surface area contributed by atoms with Crippen LogP contribution in [-0.2, 0) is 23.3 Å². The Kier molecular flexibility index (Phi) is 12.0. The molecule has 0 aliphatic heterocycles. The monoisotopic (exact) mass is 389 g/mol. The van der Waals surface area contributed by atoms with Crippen LogP contribution < -0.4 is 24.8 Å². The van der Waals surface area contributed by atoms with E-state index in [1.54, 1.807) is 23.3 Å². The topological polar surface area (TPSA) is 0 Å². The Morgan fingerprint density at radius 1 is 1.26 bits per heavy atom. The van der Waals surface area contributed by atoms with Crippen molar-refractivity contribution >= 4 is 5.43 Å². The molecule has 2 aliphatic carbocycles. The first-order valence-corrected chi connectivity index (χ1v) is 12.3. The van der Waals surface area contributed by atoms with E-state index in [1.807, 2.05) is 0 Å². The van der Waals surface area contributed by atoms with Gasteiger partial charge >= 0.3 is 41.9 Å². The van der Waals surface area contributed by atoms with Gasteiger partial charge in [0, 0.05) is 0 Å². The van der Waals surface area contributed by atoms with Crippen molar-refractivity contribution in [1.82, 2.24) is 0 Å². The SMILES string of the molecule is CC1=C(C)C(C)[C-]=C1C1=CC=CC1.C[Si](C)=[Zr+2].[Cl-].[Cl-]. The van der Waals surface area contributed by atoms with Crippen LogP contribution in [0.5, 0.6) is 0 Å². The Hall–Kier alpha value is 0.640. The van der Waals surface area contributed by atoms with Gasteiger partial charge in [-0.1, -0.05) is 45.3 Å². The molecule has 2 rings (SSSR count). The normalized spacial score (nSPS) is 19.8. The smallest absolute Gasteiger partial charge is 1.00 e. The molecule has 0 saturated heterocycles. The fourth-order valence-corrected chi connectivity index (χ4v) is 1.92. The molecule has 0 N–H and O–H groups in total. The molecule has 0 aromatic carbocycles. The summed E-state index contributed by atoms with van der Waals surface area (Å²) in [4.78, 5) is 0. The van der Waals surface area contributed by atoms with E-state index in [9.17, 15) is 0 Å². The average Bonchev–Trinajstić information content (AvgIpc) is 2.82. The summed E-state index contributed by atoms with van der Waals surface area (Å²) in [6.45, 7) is 11.3. The van der Waals surface area contributed by atoms with Crippen LogP contribution in [0.2, 0.25) is 13.1 Å². The maximum Gasteiger partial charge on any atom is -1.00 e. The molecule has 0 amide bonds. The zero-order valence-corrected chi connectivity index (χ0v) is 17.2. The van der Waals surface area contributed by atoms with Gasteiger partial charge in [0.15, 0.2) is 0 Å². The summed E-state index contributed by atoms with van der Waals surface area (Å²) in [7, 11) is 0. The van der Waals surface area contributed by atoms with Crippen LogP contribution in [0.3, 0.4) is 0 Å². The second-order valence-electron chi connectivity index (χ2n) is 4.87. The average molecular weight is 392 g/mol. The van der Waals surface area contributed by atoms with Gasteiger partial charge < -0.3 is 24.8 Å². The fraction of sp³-hybridized carbons (Fsp3) is 0.467. The quantitative estimate of drug-likeness (QED) is 0.372. The summed E-state index contributed by atoms with van der Waals surface area (Å²) in [5, 5.41) is 0. The van der Waals surface area contributed by atoms with Crippen molar-refractivity contribution in [3.63, 3.8) is 0 Å². The first-order chi connectivity index (χ1) is 7.93. The third kappa shape index (κ3) is 6.76. The number of rotatable bonds is 1. The van der Waals surface area contributed by atoms with Gasteiger partial charge in [0.1, 0.15) is 0 Å². The molecule has 0 aromatic heterocycles. The van der Waals surface area contributed by atoms with E-state index in [4.69, 9.17) is 0 Å². The molecule has 4 heteroatoms. The van der Waals surface area contributed by atoms with Gasteiger partial charge in [-0.25, -0.2) is 0 Å². The first-order valence-electron chi connectivity index (χ1n) is 6.12. The van der Waals surface area contributed by atoms with E-state index in [-0.39, 0.29) is 30.2 Å². The minimum atomic E-state index is 0. The molecule has 0 nitrogen and oxygen atoms in total. The van der Waals surface area contributed by atoms with Gasteiger partial charge in [-0.2, -0.15) is 17.2 Å². The van der Waals surface area contributed by atoms with E-state index in [1.165, 1.54) is 22.3 Å². The van der Waals surface area contributed by atoms with Crippen molar-refractivity contribution < 1.29 is 48.1 Å². The molecule has 1 unspecified atom stereocenters. The summed E-state index contributed by atoms with van der Waals surface area (Å²) in [5.41, 5.74) is 5.91. The Morgan fingerprint density at radius 2 is 1.79 bits per heavy atom. The zero-order chi connectivity index (χ0) is 13.0. The number of hydrogen-bond acceptors (Lipinski definition) is 0. The summed E-state index contributed by atoms with van der Waals surface area (Å²) in [6, 6.07) is 0. The summed E-state index contributed by atoms with van der Waals surface area (Å²) in [5.74, 6) is 0.511. The molecule has 0 spiro atoms. The van der Waals surface area contributed by atoms with Crippen molar-refractivity contribution in [1.29, 1.82) is 0 Å². The van der Waals surface area contributed by atoms with Crippen LogP contribution in [0.1, 0.15) is 27.2 Å². The minimum Gasteiger partial charge on any atom is -1.00 e. The molecule has 2 aliphatic rings. The largest absolute Gasteiger partial charge is 1.00 e. The van der Waals surface area contributed by atoms with Gasteiger partial charge in [0.05, 0.1) is 0 Å². The molecule has 0 saturated carbocycles. The number of halogens is 2. The van der Waals surface area contributed by atoms with E-state index in [0.717, 1.165) is 6.42 Å². The Balaban J connectivity index is 0. The van der Waals surface area contributed by atoms with Crippen LogP contribution in [0.4, 0.5) is 0 Å². The maximum absolute atomic E-state index is 3.53. The molecule has 0 aromatic rings. The summed E-state index contributed by atoms with van der Waals surface area (Å²) >= 11 is 1.74. The third-order valence-corrected chi connectivity index (χ3v) is 3.07. The predicted octanol–water partition coefficient (Wildman–Crippen LogP) is -1.62. The summed E-state index contributed by atoms with van der Waals surface area (Å²) in [6.07, 6.45) is 11.2. The molecule has 19 heavy (non-hydrogen) atoms. The van der Waals surface area contributed by atoms with Gasteiger partial charge in [0.2, 0.25) is 0 Å². The van der Waals surface area contributed by atoms with Crippen molar-refractivity contribution in [3.05, 3.63) is 46.6 Å². The molecule has 0 heterocycles. The molecule has 104 valence electrons. The molecule has 0 fully saturated rings. The number of hydrogen-bond donors (Lipinski definition) is 0. The second-order valence-corrected chi connectivity index (χ2v) is 14.2. The van der Waals surface area contributed by atoms with Gasteiger partial charge in [-0.05, 0) is 0 Å². The molecular weight excluding hydrogens is 370 g/mol. The standard InChI is InChI=1S/C13H15.C2H6Si.2ClH.Zr/c1-9-8-13(11(3)10(9)2)12-6-4-5-7-12;1-3-2;;;/h4-6,9H,7H2,1-3H3;1-2H3;2*1H;/q-1;;;;+2/p-2. The molecule has 1 atom stereocenters. The first kappa shape index (κ1) is 21.9. The van der Waals surface area contributed by atoms with Crippen LogP contribution in [0.15, 0.2) is 40.5 Å². The van der Waals surface area contributed by atoms with E-state index in [0.29, 0.717) is 5.92 Å². The van der Waals surface area contributed by atoms with Gasteiger partial charge in [-0.3, -0.25) is 0 Å². The molecule has 0 radical (unpaired) electrons. The van der Waals surface area contributed by atoms with Gasteiger partial charge in [-0.15, -0.1) is 17.2 Å². The second kappa shape index (κ2) is 10.4. The Morgan fingerprint density at radius 3 is 2.11 bits per heavy atom. The Labute approximate surface area is 145 Å². The van der Waals surface area contributed by atoms with Crippen LogP contribution in [0, 0.1) is 12.0 Å². The third-order valence-electron chi connectivity index (χ3n) is 3.07. The van der Waals surface area contributed by atoms with E-state index < -0.39 is 0 Å². The van der Waals surface area contributed by atoms with Crippen LogP contribution in [-0.4, -0.2) is 5.43 Å². The fourth-order valence-electron chi connectivity index (χ4n) is 1.92. The van der Waals surface area contributed by atoms with E-state index in [2.05, 4.69) is 58.2 Å². The maximum atomic E-state index is 3.53. The van der Waals surface area contributed by atoms with Crippen molar-refractivity contribution in [2.45, 2.75) is 40.3 Å². The predicted molar refractivity (Wildman–Crippen MR) is 73.6 cm³/mol. The van der Waals surface area contributed by atoms with Crippen molar-refractivity contribution in [3.8, 4) is 0 Å². The zero-order valence-electron chi connectivity index (χ0n) is 12.3. The minimum absolute atomic E-state index is 0. The van der Waals surface area contributed by atoms with Crippen LogP contribution in [0.25, 0.3) is 0 Å². The van der Waals surface area contributed by atoms with Crippen LogP contribution >= 0.6 is 0 Å². The van der Waals surface area contributed by atoms with E-state index >= 15 is 0 Å². The summed E-state index contributed by atoms with van der Waals surface area (Å²) < 4.78 is 0. The van der Waals surface area contributed by atoms with Crippen molar-refractivity contribution in [2.24, 2.45) is 5.92 Å². The van der Waals surface area contributed by atoms with Gasteiger partial charge in [0.25, 0.3) is 0 Å². The van der Waals surface area contributed by atoms with Crippen molar-refractivity contribution in [2.75, 3.05) is 0 Å². The Bertz CT molecular complexity index is 441.